The fourth-order valence-corrected chi connectivity index (χ4v) is 2.45. The Morgan fingerprint density at radius 1 is 1.55 bits per heavy atom. The second-order valence-corrected chi connectivity index (χ2v) is 4.60. The van der Waals surface area contributed by atoms with Crippen molar-refractivity contribution in [2.24, 2.45) is 0 Å². The number of aliphatic carboxylic acids is 1. The van der Waals surface area contributed by atoms with E-state index in [0.29, 0.717) is 13.0 Å². The van der Waals surface area contributed by atoms with Crippen molar-refractivity contribution in [3.8, 4) is 0 Å². The average molecular weight is 179 g/mol. The number of sulfone groups is 1. The number of hydrogen-bond acceptors (Lipinski definition) is 4. The van der Waals surface area contributed by atoms with Crippen molar-refractivity contribution in [2.45, 2.75) is 11.8 Å². The third kappa shape index (κ3) is 1.69. The molecule has 0 aromatic carbocycles. The van der Waals surface area contributed by atoms with Crippen LogP contribution in [0, 0.1) is 0 Å². The maximum atomic E-state index is 11.0. The quantitative estimate of drug-likeness (QED) is 0.528. The number of hydrogen-bond donors (Lipinski definition) is 2. The minimum Gasteiger partial charge on any atom is -0.479 e. The van der Waals surface area contributed by atoms with Gasteiger partial charge in [-0.15, -0.1) is 0 Å². The van der Waals surface area contributed by atoms with Gasteiger partial charge in [0.15, 0.2) is 9.84 Å². The summed E-state index contributed by atoms with van der Waals surface area (Å²) in [7, 11) is -3.43. The van der Waals surface area contributed by atoms with E-state index in [1.54, 1.807) is 0 Å². The van der Waals surface area contributed by atoms with Gasteiger partial charge in [-0.25, -0.2) is 13.2 Å². The molecule has 0 spiro atoms. The van der Waals surface area contributed by atoms with Gasteiger partial charge in [0.25, 0.3) is 0 Å². The Hall–Kier alpha value is -0.620. The smallest absolute Gasteiger partial charge is 0.336 e. The van der Waals surface area contributed by atoms with Crippen molar-refractivity contribution < 1.29 is 18.3 Å². The van der Waals surface area contributed by atoms with Crippen LogP contribution < -0.4 is 5.32 Å². The summed E-state index contributed by atoms with van der Waals surface area (Å²) in [6, 6.07) is 0. The standard InChI is InChI=1S/C5H9NO4S/c7-5(8)4-6-2-1-3-11(4,9)10/h4,6H,1-3H2,(H,7,8). The Morgan fingerprint density at radius 2 is 2.18 bits per heavy atom. The highest BCUT2D eigenvalue weighted by molar-refractivity contribution is 7.92. The van der Waals surface area contributed by atoms with Gasteiger partial charge in [0.1, 0.15) is 0 Å². The molecule has 6 heteroatoms. The SMILES string of the molecule is O=C(O)C1NCCCS1(=O)=O. The van der Waals surface area contributed by atoms with Gasteiger partial charge >= 0.3 is 5.97 Å². The van der Waals surface area contributed by atoms with Crippen molar-refractivity contribution in [2.75, 3.05) is 12.3 Å². The fraction of sp³-hybridized carbons (Fsp3) is 0.800. The van der Waals surface area contributed by atoms with E-state index in [4.69, 9.17) is 5.11 Å². The molecule has 5 nitrogen and oxygen atoms in total. The van der Waals surface area contributed by atoms with Crippen molar-refractivity contribution in [1.29, 1.82) is 0 Å². The zero-order chi connectivity index (χ0) is 8.48. The normalized spacial score (nSPS) is 29.6. The second kappa shape index (κ2) is 2.78. The predicted octanol–water partition coefficient (Wildman–Crippen LogP) is -1.19. The highest BCUT2D eigenvalue weighted by Gasteiger charge is 2.34. The predicted molar refractivity (Wildman–Crippen MR) is 37.8 cm³/mol. The molecule has 1 fully saturated rings. The molecule has 1 rings (SSSR count). The Morgan fingerprint density at radius 3 is 2.55 bits per heavy atom. The summed E-state index contributed by atoms with van der Waals surface area (Å²) >= 11 is 0. The topological polar surface area (TPSA) is 83.5 Å². The van der Waals surface area contributed by atoms with E-state index in [2.05, 4.69) is 5.32 Å². The molecular formula is C5H9NO4S. The van der Waals surface area contributed by atoms with Crippen LogP contribution in [0.2, 0.25) is 0 Å². The zero-order valence-electron chi connectivity index (χ0n) is 5.78. The summed E-state index contributed by atoms with van der Waals surface area (Å²) in [6.07, 6.45) is 0.492. The average Bonchev–Trinajstić information content (AvgIpc) is 1.85. The minimum atomic E-state index is -3.43. The van der Waals surface area contributed by atoms with Gasteiger partial charge in [-0.2, -0.15) is 0 Å². The van der Waals surface area contributed by atoms with Gasteiger partial charge in [-0.05, 0) is 13.0 Å². The number of rotatable bonds is 1. The molecule has 1 aliphatic heterocycles. The first kappa shape index (κ1) is 8.48. The highest BCUT2D eigenvalue weighted by atomic mass is 32.2. The van der Waals surface area contributed by atoms with Crippen molar-refractivity contribution in [1.82, 2.24) is 5.32 Å². The van der Waals surface area contributed by atoms with Gasteiger partial charge in [-0.3, -0.25) is 5.32 Å². The lowest BCUT2D eigenvalue weighted by Crippen LogP contribution is -2.48. The molecular weight excluding hydrogens is 170 g/mol. The lowest BCUT2D eigenvalue weighted by Gasteiger charge is -2.19. The first-order chi connectivity index (χ1) is 5.04. The fourth-order valence-electron chi connectivity index (χ4n) is 0.992. The third-order valence-electron chi connectivity index (χ3n) is 1.52. The summed E-state index contributed by atoms with van der Waals surface area (Å²) in [5, 5.41) is 9.46. The first-order valence-corrected chi connectivity index (χ1v) is 4.93. The van der Waals surface area contributed by atoms with E-state index in [-0.39, 0.29) is 5.75 Å². The summed E-state index contributed by atoms with van der Waals surface area (Å²) < 4.78 is 22.0. The van der Waals surface area contributed by atoms with Crippen LogP contribution in [-0.2, 0) is 14.6 Å². The Kier molecular flexibility index (Phi) is 2.15. The van der Waals surface area contributed by atoms with Gasteiger partial charge in [0, 0.05) is 0 Å². The van der Waals surface area contributed by atoms with E-state index >= 15 is 0 Å². The zero-order valence-corrected chi connectivity index (χ0v) is 6.60. The van der Waals surface area contributed by atoms with Crippen LogP contribution in [-0.4, -0.2) is 37.2 Å². The first-order valence-electron chi connectivity index (χ1n) is 3.22. The second-order valence-electron chi connectivity index (χ2n) is 2.39. The molecule has 1 heterocycles. The Balaban J connectivity index is 2.85. The van der Waals surface area contributed by atoms with Gasteiger partial charge in [0.05, 0.1) is 5.75 Å². The van der Waals surface area contributed by atoms with Crippen LogP contribution in [0.15, 0.2) is 0 Å². The molecule has 0 amide bonds. The summed E-state index contributed by atoms with van der Waals surface area (Å²) in [6.45, 7) is 0.455. The third-order valence-corrected chi connectivity index (χ3v) is 3.46. The lowest BCUT2D eigenvalue weighted by molar-refractivity contribution is -0.137. The molecule has 0 bridgehead atoms. The van der Waals surface area contributed by atoms with Crippen LogP contribution in [0.5, 0.6) is 0 Å². The van der Waals surface area contributed by atoms with Gasteiger partial charge in [-0.1, -0.05) is 0 Å². The molecule has 0 radical (unpaired) electrons. The molecule has 0 aliphatic carbocycles. The molecule has 1 atom stereocenters. The van der Waals surface area contributed by atoms with E-state index in [9.17, 15) is 13.2 Å². The number of nitrogens with one attached hydrogen (secondary N) is 1. The van der Waals surface area contributed by atoms with Crippen LogP contribution >= 0.6 is 0 Å². The Labute approximate surface area is 64.3 Å². The summed E-state index contributed by atoms with van der Waals surface area (Å²) in [5.74, 6) is -1.35. The maximum Gasteiger partial charge on any atom is 0.336 e. The number of carboxylic acid groups (broad SMARTS) is 1. The van der Waals surface area contributed by atoms with E-state index in [1.165, 1.54) is 0 Å². The van der Waals surface area contributed by atoms with E-state index in [0.717, 1.165) is 0 Å². The number of carbonyl (C=O) groups is 1. The summed E-state index contributed by atoms with van der Waals surface area (Å²) in [4.78, 5) is 10.3. The van der Waals surface area contributed by atoms with E-state index in [1.807, 2.05) is 0 Å². The van der Waals surface area contributed by atoms with E-state index < -0.39 is 21.2 Å². The Bertz CT molecular complexity index is 258. The van der Waals surface area contributed by atoms with Crippen molar-refractivity contribution in [3.63, 3.8) is 0 Å². The van der Waals surface area contributed by atoms with Gasteiger partial charge < -0.3 is 5.11 Å². The van der Waals surface area contributed by atoms with Crippen LogP contribution in [0.4, 0.5) is 0 Å². The largest absolute Gasteiger partial charge is 0.479 e. The molecule has 0 saturated carbocycles. The van der Waals surface area contributed by atoms with Gasteiger partial charge in [0.2, 0.25) is 5.37 Å². The summed E-state index contributed by atoms with van der Waals surface area (Å²) in [5.41, 5.74) is 0. The van der Waals surface area contributed by atoms with Crippen molar-refractivity contribution in [3.05, 3.63) is 0 Å². The highest BCUT2D eigenvalue weighted by Crippen LogP contribution is 2.06. The molecule has 11 heavy (non-hydrogen) atoms. The minimum absolute atomic E-state index is 0.0308. The molecule has 1 unspecified atom stereocenters. The number of carboxylic acids is 1. The van der Waals surface area contributed by atoms with Crippen molar-refractivity contribution >= 4 is 15.8 Å². The molecule has 0 aromatic rings. The molecule has 0 aromatic heterocycles. The molecule has 1 saturated heterocycles. The molecule has 64 valence electrons. The molecule has 2 N–H and O–H groups in total. The molecule has 1 aliphatic rings. The maximum absolute atomic E-state index is 11.0. The van der Waals surface area contributed by atoms with Crippen LogP contribution in [0.25, 0.3) is 0 Å². The monoisotopic (exact) mass is 179 g/mol. The lowest BCUT2D eigenvalue weighted by atomic mass is 10.4. The van der Waals surface area contributed by atoms with Crippen LogP contribution in [0.1, 0.15) is 6.42 Å². The van der Waals surface area contributed by atoms with Crippen LogP contribution in [0.3, 0.4) is 0 Å².